The number of halogens is 12. The number of aryl methyl sites for hydroxylation is 4. The number of hydrogen-bond acceptors (Lipinski definition) is 15. The predicted octanol–water partition coefficient (Wildman–Crippen LogP) is 9.12. The number of carbonyl (C=O) groups is 2. The largest absolute Gasteiger partial charge is 0.451 e. The molecule has 6 aromatic rings. The molecule has 2 saturated heterocycles. The summed E-state index contributed by atoms with van der Waals surface area (Å²) in [5, 5.41) is 2.12. The molecule has 0 aliphatic carbocycles. The number of ketones is 2. The highest BCUT2D eigenvalue weighted by molar-refractivity contribution is 8.13. The summed E-state index contributed by atoms with van der Waals surface area (Å²) < 4.78 is 178. The Balaban J connectivity index is 0.000000245. The number of alkyl halides is 8. The highest BCUT2D eigenvalue weighted by atomic mass is 35.7. The van der Waals surface area contributed by atoms with Crippen LogP contribution in [0.4, 0.5) is 43.9 Å². The van der Waals surface area contributed by atoms with Gasteiger partial charge in [-0.05, 0) is 88.1 Å². The van der Waals surface area contributed by atoms with E-state index in [9.17, 15) is 70.3 Å². The normalized spacial score (nSPS) is 19.7. The van der Waals surface area contributed by atoms with Gasteiger partial charge >= 0.3 is 12.4 Å². The Morgan fingerprint density at radius 1 is 0.615 bits per heavy atom. The van der Waals surface area contributed by atoms with Crippen LogP contribution in [0.3, 0.4) is 0 Å². The molecule has 8 heterocycles. The van der Waals surface area contributed by atoms with Gasteiger partial charge in [-0.2, -0.15) is 30.6 Å². The number of nitrogens with one attached hydrogen (secondary N) is 1. The van der Waals surface area contributed by atoms with Gasteiger partial charge in [0.2, 0.25) is 11.6 Å². The second-order valence-corrected chi connectivity index (χ2v) is 21.9. The van der Waals surface area contributed by atoms with Gasteiger partial charge in [-0.1, -0.05) is 0 Å². The van der Waals surface area contributed by atoms with E-state index >= 15 is 0 Å². The Morgan fingerprint density at radius 3 is 1.42 bits per heavy atom. The van der Waals surface area contributed by atoms with Crippen LogP contribution in [-0.2, 0) is 53.9 Å². The number of Topliss-reactive ketones (excluding diaryl/α,β-unsaturated/α-hetero) is 2. The van der Waals surface area contributed by atoms with Crippen LogP contribution < -0.4 is 5.32 Å². The molecule has 0 saturated carbocycles. The molecule has 2 aliphatic heterocycles. The standard InChI is InChI=1S/C24H22F5N5O3S.C19H20F4N4O.C5H3ClFNO2S.ClH/c1-13-15(7-16(9-30-13)17-10-32-23(33-11-17)24(27,28)29)3-5-21(35)20-8-19(26)14(2)34(20)38(36,37)22-6-4-18(25)12-31-22;1-10-12(3-4-17(28)16-6-15(20)11(2)27-16)5-13(7-24-10)14-8-25-18(26-9-14)19(21,22)23;6-11(9,10)5-2-1-4(7)3-8-5;/h4,6-7,9-12,14,19-20H,3,5,8H2,1-2H3;5,7-9,11,15-16,27H,3-4,6H2,1-2H3;1-3H;1H/t14-,19+,20-;11-,15+,16-;;/m00../s1. The van der Waals surface area contributed by atoms with Gasteiger partial charge < -0.3 is 5.32 Å². The number of carbonyl (C=O) groups excluding carboxylic acids is 2. The van der Waals surface area contributed by atoms with Crippen molar-refractivity contribution in [2.75, 3.05) is 0 Å². The van der Waals surface area contributed by atoms with E-state index in [-0.39, 0.29) is 66.9 Å². The summed E-state index contributed by atoms with van der Waals surface area (Å²) in [6.45, 7) is 6.53. The Labute approximate surface area is 450 Å². The lowest BCUT2D eigenvalue weighted by atomic mass is 9.99. The zero-order valence-corrected chi connectivity index (χ0v) is 44.4. The Bertz CT molecular complexity index is 3270. The molecule has 30 heteroatoms. The maximum atomic E-state index is 14.6. The fraction of sp³-hybridized carbons (Fsp3) is 0.375. The van der Waals surface area contributed by atoms with Gasteiger partial charge in [0.15, 0.2) is 15.8 Å². The van der Waals surface area contributed by atoms with E-state index in [2.05, 4.69) is 45.2 Å². The van der Waals surface area contributed by atoms with E-state index in [0.717, 1.165) is 77.0 Å². The number of aromatic nitrogens is 8. The van der Waals surface area contributed by atoms with Gasteiger partial charge in [-0.15, -0.1) is 12.4 Å². The average Bonchev–Trinajstić information content (AvgIpc) is 3.88. The van der Waals surface area contributed by atoms with Crippen molar-refractivity contribution >= 4 is 53.7 Å². The monoisotopic (exact) mass is 1180 g/mol. The number of sulfonamides is 1. The smallest absolute Gasteiger partial charge is 0.302 e. The van der Waals surface area contributed by atoms with Crippen molar-refractivity contribution in [2.45, 2.75) is 125 Å². The molecule has 8 rings (SSSR count). The maximum Gasteiger partial charge on any atom is 0.451 e. The first-order valence-electron chi connectivity index (χ1n) is 22.9. The maximum absolute atomic E-state index is 14.6. The molecule has 420 valence electrons. The lowest BCUT2D eigenvalue weighted by Gasteiger charge is -2.26. The van der Waals surface area contributed by atoms with Crippen LogP contribution in [0.15, 0.2) is 96.0 Å². The molecule has 0 aromatic carbocycles. The molecule has 1 N–H and O–H groups in total. The summed E-state index contributed by atoms with van der Waals surface area (Å²) in [5.74, 6) is -4.41. The molecule has 0 radical (unpaired) electrons. The molecule has 6 aromatic heterocycles. The van der Waals surface area contributed by atoms with E-state index < -0.39 is 96.0 Å². The summed E-state index contributed by atoms with van der Waals surface area (Å²) >= 11 is 0. The van der Waals surface area contributed by atoms with Gasteiger partial charge in [0, 0.05) is 113 Å². The highest BCUT2D eigenvalue weighted by Crippen LogP contribution is 2.35. The fourth-order valence-corrected chi connectivity index (χ4v) is 10.4. The van der Waals surface area contributed by atoms with Crippen molar-refractivity contribution in [1.82, 2.24) is 49.5 Å². The minimum absolute atomic E-state index is 0. The molecule has 0 amide bonds. The topological polar surface area (TPSA) is 221 Å². The van der Waals surface area contributed by atoms with Crippen molar-refractivity contribution in [3.63, 3.8) is 0 Å². The minimum atomic E-state index is -4.68. The van der Waals surface area contributed by atoms with Gasteiger partial charge in [0.05, 0.1) is 30.5 Å². The van der Waals surface area contributed by atoms with Crippen LogP contribution in [0.5, 0.6) is 0 Å². The second kappa shape index (κ2) is 25.7. The predicted molar refractivity (Wildman–Crippen MR) is 263 cm³/mol. The van der Waals surface area contributed by atoms with E-state index in [4.69, 9.17) is 10.7 Å². The summed E-state index contributed by atoms with van der Waals surface area (Å²) in [5.41, 5.74) is 4.35. The van der Waals surface area contributed by atoms with Crippen LogP contribution in [0.1, 0.15) is 73.7 Å². The minimum Gasteiger partial charge on any atom is -0.302 e. The molecule has 16 nitrogen and oxygen atoms in total. The number of rotatable bonds is 13. The quantitative estimate of drug-likeness (QED) is 0.0842. The number of pyridine rings is 4. The van der Waals surface area contributed by atoms with E-state index in [0.29, 0.717) is 34.4 Å². The van der Waals surface area contributed by atoms with Gasteiger partial charge in [0.25, 0.3) is 19.1 Å². The third-order valence-corrected chi connectivity index (χ3v) is 15.4. The van der Waals surface area contributed by atoms with E-state index in [1.807, 2.05) is 0 Å². The van der Waals surface area contributed by atoms with Crippen LogP contribution >= 0.6 is 23.1 Å². The molecule has 0 spiro atoms. The lowest BCUT2D eigenvalue weighted by Crippen LogP contribution is -2.45. The first-order chi connectivity index (χ1) is 35.9. The molecule has 78 heavy (non-hydrogen) atoms. The molecule has 0 bridgehead atoms. The molecule has 2 aliphatic rings. The summed E-state index contributed by atoms with van der Waals surface area (Å²) in [6, 6.07) is 4.01. The Hall–Kier alpha value is -6.20. The molecular weight excluding hydrogens is 1140 g/mol. The van der Waals surface area contributed by atoms with Crippen LogP contribution in [-0.4, -0.2) is 109 Å². The van der Waals surface area contributed by atoms with Crippen LogP contribution in [0.25, 0.3) is 22.3 Å². The van der Waals surface area contributed by atoms with Gasteiger partial charge in [-0.3, -0.25) is 19.6 Å². The van der Waals surface area contributed by atoms with E-state index in [1.165, 1.54) is 19.3 Å². The number of hydrogen-bond donors (Lipinski definition) is 1. The van der Waals surface area contributed by atoms with Crippen molar-refractivity contribution in [1.29, 1.82) is 0 Å². The zero-order chi connectivity index (χ0) is 56.8. The van der Waals surface area contributed by atoms with Crippen molar-refractivity contribution in [3.8, 4) is 22.3 Å². The zero-order valence-electron chi connectivity index (χ0n) is 41.1. The summed E-state index contributed by atoms with van der Waals surface area (Å²) in [4.78, 5) is 54.2. The first kappa shape index (κ1) is 62.6. The molecule has 2 fully saturated rings. The van der Waals surface area contributed by atoms with Gasteiger partial charge in [0.1, 0.15) is 29.8 Å². The molecule has 0 unspecified atom stereocenters. The number of nitrogens with zero attached hydrogens (tertiary/aromatic N) is 9. The molecular formula is C48H46Cl2F10N10O6S2. The van der Waals surface area contributed by atoms with Crippen molar-refractivity contribution in [2.24, 2.45) is 0 Å². The van der Waals surface area contributed by atoms with Gasteiger partial charge in [-0.25, -0.2) is 64.3 Å². The van der Waals surface area contributed by atoms with Crippen LogP contribution in [0, 0.1) is 25.5 Å². The highest BCUT2D eigenvalue weighted by Gasteiger charge is 2.49. The summed E-state index contributed by atoms with van der Waals surface area (Å²) in [6.07, 6.45) is -2.73. The Kier molecular flexibility index (Phi) is 20.7. The van der Waals surface area contributed by atoms with Crippen molar-refractivity contribution < 1.29 is 70.3 Å². The Morgan fingerprint density at radius 2 is 1.04 bits per heavy atom. The van der Waals surface area contributed by atoms with E-state index in [1.54, 1.807) is 32.9 Å². The second-order valence-electron chi connectivity index (χ2n) is 17.6. The SMILES string of the molecule is Cc1ncc(-c2cnc(C(F)(F)F)nc2)cc1CCC(=O)[C@@H]1C[C@@H](F)[C@H](C)N1.Cc1ncc(-c2cnc(C(F)(F)F)nc2)cc1CCC(=O)[C@@H]1C[C@@H](F)[C@H](C)N1S(=O)(=O)c1ccc(F)cn1.Cl.O=S(=O)(Cl)c1ccc(F)cn1. The average molecular weight is 1180 g/mol. The molecule has 6 atom stereocenters. The third-order valence-electron chi connectivity index (χ3n) is 12.2. The lowest BCUT2D eigenvalue weighted by molar-refractivity contribution is -0.145. The van der Waals surface area contributed by atoms with Crippen LogP contribution in [0.2, 0.25) is 0 Å². The first-order valence-corrected chi connectivity index (χ1v) is 26.7. The third kappa shape index (κ3) is 16.0. The fourth-order valence-electron chi connectivity index (χ4n) is 7.97. The van der Waals surface area contributed by atoms with Crippen molar-refractivity contribution in [3.05, 3.63) is 132 Å². The summed E-state index contributed by atoms with van der Waals surface area (Å²) in [7, 11) is -3.32.